The SMILES string of the molecule is COc1ccccc1C[C@@H](C)NC(=O)c1cc(-c2ccccn2)n[nH]1. The van der Waals surface area contributed by atoms with E-state index in [-0.39, 0.29) is 11.9 Å². The van der Waals surface area contributed by atoms with Gasteiger partial charge in [-0.05, 0) is 43.2 Å². The minimum Gasteiger partial charge on any atom is -0.496 e. The molecule has 0 spiro atoms. The van der Waals surface area contributed by atoms with Gasteiger partial charge >= 0.3 is 0 Å². The summed E-state index contributed by atoms with van der Waals surface area (Å²) in [4.78, 5) is 16.6. The van der Waals surface area contributed by atoms with Crippen LogP contribution < -0.4 is 10.1 Å². The Balaban J connectivity index is 1.65. The number of aromatic amines is 1. The number of pyridine rings is 1. The number of carbonyl (C=O) groups excluding carboxylic acids is 1. The van der Waals surface area contributed by atoms with E-state index >= 15 is 0 Å². The molecule has 0 fully saturated rings. The average molecular weight is 336 g/mol. The average Bonchev–Trinajstić information content (AvgIpc) is 3.13. The number of para-hydroxylation sites is 1. The number of aromatic nitrogens is 3. The second-order valence-electron chi connectivity index (χ2n) is 5.77. The maximum Gasteiger partial charge on any atom is 0.269 e. The van der Waals surface area contributed by atoms with Crippen LogP contribution in [0.5, 0.6) is 5.75 Å². The molecule has 0 aliphatic carbocycles. The van der Waals surface area contributed by atoms with Crippen LogP contribution in [0.1, 0.15) is 23.0 Å². The summed E-state index contributed by atoms with van der Waals surface area (Å²) in [5, 5.41) is 9.90. The molecule has 2 N–H and O–H groups in total. The van der Waals surface area contributed by atoms with Crippen molar-refractivity contribution in [3.63, 3.8) is 0 Å². The summed E-state index contributed by atoms with van der Waals surface area (Å²) in [6.07, 6.45) is 2.37. The number of amides is 1. The topological polar surface area (TPSA) is 79.9 Å². The molecule has 0 saturated carbocycles. The molecule has 0 bridgehead atoms. The highest BCUT2D eigenvalue weighted by Crippen LogP contribution is 2.19. The van der Waals surface area contributed by atoms with Crippen LogP contribution in [-0.2, 0) is 6.42 Å². The molecule has 3 aromatic rings. The maximum atomic E-state index is 12.4. The summed E-state index contributed by atoms with van der Waals surface area (Å²) in [5.41, 5.74) is 2.83. The number of nitrogens with one attached hydrogen (secondary N) is 2. The van der Waals surface area contributed by atoms with E-state index in [1.54, 1.807) is 19.4 Å². The fraction of sp³-hybridized carbons (Fsp3) is 0.211. The lowest BCUT2D eigenvalue weighted by molar-refractivity contribution is 0.0935. The molecule has 6 heteroatoms. The van der Waals surface area contributed by atoms with E-state index in [0.717, 1.165) is 17.0 Å². The first-order valence-corrected chi connectivity index (χ1v) is 8.07. The largest absolute Gasteiger partial charge is 0.496 e. The first-order chi connectivity index (χ1) is 12.2. The van der Waals surface area contributed by atoms with Crippen molar-refractivity contribution in [2.75, 3.05) is 7.11 Å². The van der Waals surface area contributed by atoms with Gasteiger partial charge in [-0.15, -0.1) is 0 Å². The minimum absolute atomic E-state index is 0.0506. The predicted molar refractivity (Wildman–Crippen MR) is 95.4 cm³/mol. The number of hydrogen-bond acceptors (Lipinski definition) is 4. The van der Waals surface area contributed by atoms with Gasteiger partial charge in [0.25, 0.3) is 5.91 Å². The smallest absolute Gasteiger partial charge is 0.269 e. The maximum absolute atomic E-state index is 12.4. The molecule has 3 rings (SSSR count). The lowest BCUT2D eigenvalue weighted by Crippen LogP contribution is -2.34. The van der Waals surface area contributed by atoms with Crippen molar-refractivity contribution < 1.29 is 9.53 Å². The number of rotatable bonds is 6. The highest BCUT2D eigenvalue weighted by Gasteiger charge is 2.15. The van der Waals surface area contributed by atoms with E-state index in [1.165, 1.54) is 0 Å². The minimum atomic E-state index is -0.197. The monoisotopic (exact) mass is 336 g/mol. The number of ether oxygens (including phenoxy) is 1. The van der Waals surface area contributed by atoms with Gasteiger partial charge in [0.05, 0.1) is 12.8 Å². The molecule has 0 saturated heterocycles. The Morgan fingerprint density at radius 3 is 2.76 bits per heavy atom. The quantitative estimate of drug-likeness (QED) is 0.725. The summed E-state index contributed by atoms with van der Waals surface area (Å²) in [5.74, 6) is 0.625. The molecule has 0 aliphatic heterocycles. The Hall–Kier alpha value is -3.15. The molecule has 1 atom stereocenters. The number of benzene rings is 1. The third kappa shape index (κ3) is 4.03. The molecule has 2 aromatic heterocycles. The van der Waals surface area contributed by atoms with Crippen LogP contribution >= 0.6 is 0 Å². The third-order valence-corrected chi connectivity index (χ3v) is 3.85. The van der Waals surface area contributed by atoms with Gasteiger partial charge in [-0.1, -0.05) is 24.3 Å². The normalized spacial score (nSPS) is 11.8. The molecule has 0 unspecified atom stereocenters. The van der Waals surface area contributed by atoms with Crippen LogP contribution in [0.2, 0.25) is 0 Å². The number of nitrogens with zero attached hydrogens (tertiary/aromatic N) is 2. The Morgan fingerprint density at radius 2 is 2.00 bits per heavy atom. The van der Waals surface area contributed by atoms with Gasteiger partial charge in [-0.25, -0.2) is 0 Å². The van der Waals surface area contributed by atoms with Crippen molar-refractivity contribution in [1.29, 1.82) is 0 Å². The van der Waals surface area contributed by atoms with Gasteiger partial charge in [-0.3, -0.25) is 14.9 Å². The summed E-state index contributed by atoms with van der Waals surface area (Å²) >= 11 is 0. The number of methoxy groups -OCH3 is 1. The van der Waals surface area contributed by atoms with Gasteiger partial charge < -0.3 is 10.1 Å². The van der Waals surface area contributed by atoms with Crippen LogP contribution in [0.15, 0.2) is 54.7 Å². The van der Waals surface area contributed by atoms with Crippen LogP contribution in [0, 0.1) is 0 Å². The molecule has 1 aromatic carbocycles. The van der Waals surface area contributed by atoms with Gasteiger partial charge in [0.1, 0.15) is 17.1 Å². The summed E-state index contributed by atoms with van der Waals surface area (Å²) < 4.78 is 5.35. The Labute approximate surface area is 146 Å². The fourth-order valence-electron chi connectivity index (χ4n) is 2.64. The molecular weight excluding hydrogens is 316 g/mol. The predicted octanol–water partition coefficient (Wildman–Crippen LogP) is 2.84. The van der Waals surface area contributed by atoms with Crippen molar-refractivity contribution in [3.8, 4) is 17.1 Å². The molecule has 0 radical (unpaired) electrons. The second-order valence-corrected chi connectivity index (χ2v) is 5.77. The summed E-state index contributed by atoms with van der Waals surface area (Å²) in [7, 11) is 1.64. The molecule has 2 heterocycles. The molecule has 6 nitrogen and oxygen atoms in total. The van der Waals surface area contributed by atoms with E-state index < -0.39 is 0 Å². The van der Waals surface area contributed by atoms with E-state index in [0.29, 0.717) is 17.8 Å². The Bertz CT molecular complexity index is 845. The van der Waals surface area contributed by atoms with Gasteiger partial charge in [0.2, 0.25) is 0 Å². The van der Waals surface area contributed by atoms with E-state index in [4.69, 9.17) is 4.74 Å². The van der Waals surface area contributed by atoms with Crippen molar-refractivity contribution in [1.82, 2.24) is 20.5 Å². The van der Waals surface area contributed by atoms with Gasteiger partial charge in [0, 0.05) is 12.2 Å². The van der Waals surface area contributed by atoms with Crippen molar-refractivity contribution in [3.05, 3.63) is 66.0 Å². The summed E-state index contributed by atoms with van der Waals surface area (Å²) in [6, 6.07) is 15.0. The fourth-order valence-corrected chi connectivity index (χ4v) is 2.64. The van der Waals surface area contributed by atoms with E-state index in [9.17, 15) is 4.79 Å². The number of H-pyrrole nitrogens is 1. The highest BCUT2D eigenvalue weighted by atomic mass is 16.5. The van der Waals surface area contributed by atoms with Crippen LogP contribution in [0.4, 0.5) is 0 Å². The lowest BCUT2D eigenvalue weighted by atomic mass is 10.1. The molecule has 1 amide bonds. The van der Waals surface area contributed by atoms with E-state index in [1.807, 2.05) is 49.4 Å². The van der Waals surface area contributed by atoms with Crippen molar-refractivity contribution >= 4 is 5.91 Å². The van der Waals surface area contributed by atoms with Gasteiger partial charge in [-0.2, -0.15) is 5.10 Å². The van der Waals surface area contributed by atoms with Crippen molar-refractivity contribution in [2.24, 2.45) is 0 Å². The van der Waals surface area contributed by atoms with Crippen LogP contribution in [-0.4, -0.2) is 34.2 Å². The first kappa shape index (κ1) is 16.7. The Kier molecular flexibility index (Phi) is 5.09. The van der Waals surface area contributed by atoms with E-state index in [2.05, 4.69) is 20.5 Å². The zero-order valence-electron chi connectivity index (χ0n) is 14.2. The molecule has 0 aliphatic rings. The zero-order chi connectivity index (χ0) is 17.6. The third-order valence-electron chi connectivity index (χ3n) is 3.85. The lowest BCUT2D eigenvalue weighted by Gasteiger charge is -2.15. The second kappa shape index (κ2) is 7.61. The number of hydrogen-bond donors (Lipinski definition) is 2. The van der Waals surface area contributed by atoms with Crippen LogP contribution in [0.3, 0.4) is 0 Å². The van der Waals surface area contributed by atoms with Crippen LogP contribution in [0.25, 0.3) is 11.4 Å². The summed E-state index contributed by atoms with van der Waals surface area (Å²) in [6.45, 7) is 1.96. The number of carbonyl (C=O) groups is 1. The van der Waals surface area contributed by atoms with Gasteiger partial charge in [0.15, 0.2) is 0 Å². The first-order valence-electron chi connectivity index (χ1n) is 8.07. The van der Waals surface area contributed by atoms with Crippen molar-refractivity contribution in [2.45, 2.75) is 19.4 Å². The molecule has 25 heavy (non-hydrogen) atoms. The standard InChI is InChI=1S/C19H20N4O2/c1-13(11-14-7-3-4-9-18(14)25-2)21-19(24)17-12-16(22-23-17)15-8-5-6-10-20-15/h3-10,12-13H,11H2,1-2H3,(H,21,24)(H,22,23)/t13-/m1/s1. The highest BCUT2D eigenvalue weighted by molar-refractivity contribution is 5.93. The molecule has 128 valence electrons. The molecular formula is C19H20N4O2. The Morgan fingerprint density at radius 1 is 1.20 bits per heavy atom. The zero-order valence-corrected chi connectivity index (χ0v) is 14.2.